The summed E-state index contributed by atoms with van der Waals surface area (Å²) in [5.41, 5.74) is -0.756. The topological polar surface area (TPSA) is 78.4 Å². The van der Waals surface area contributed by atoms with E-state index >= 15 is 0 Å². The second-order valence-corrected chi connectivity index (χ2v) is 6.29. The van der Waals surface area contributed by atoms with E-state index in [1.165, 1.54) is 0 Å². The maximum absolute atomic E-state index is 11.7. The number of nitrogens with one attached hydrogen (secondary N) is 2. The Morgan fingerprint density at radius 2 is 1.80 bits per heavy atom. The Balaban J connectivity index is 2.29. The third-order valence-corrected chi connectivity index (χ3v) is 4.10. The molecule has 5 heteroatoms. The van der Waals surface area contributed by atoms with Crippen LogP contribution in [0.1, 0.15) is 58.8 Å². The Morgan fingerprint density at radius 1 is 1.15 bits per heavy atom. The van der Waals surface area contributed by atoms with Gasteiger partial charge in [-0.1, -0.05) is 33.1 Å². The molecule has 5 nitrogen and oxygen atoms in total. The lowest BCUT2D eigenvalue weighted by Crippen LogP contribution is -2.47. The first-order chi connectivity index (χ1) is 9.46. The number of hydrogen-bond acceptors (Lipinski definition) is 2. The molecule has 3 N–H and O–H groups in total. The number of amides is 2. The third kappa shape index (κ3) is 5.39. The minimum Gasteiger partial charge on any atom is -0.481 e. The lowest BCUT2D eigenvalue weighted by atomic mass is 9.74. The van der Waals surface area contributed by atoms with Crippen LogP contribution in [0.15, 0.2) is 0 Å². The van der Waals surface area contributed by atoms with Crippen LogP contribution in [-0.2, 0) is 4.79 Å². The molecule has 0 aromatic heterocycles. The summed E-state index contributed by atoms with van der Waals surface area (Å²) < 4.78 is 0. The summed E-state index contributed by atoms with van der Waals surface area (Å²) in [4.78, 5) is 23.1. The lowest BCUT2D eigenvalue weighted by molar-refractivity contribution is -0.150. The maximum atomic E-state index is 11.7. The lowest BCUT2D eigenvalue weighted by Gasteiger charge is -2.33. The van der Waals surface area contributed by atoms with Gasteiger partial charge >= 0.3 is 12.0 Å². The largest absolute Gasteiger partial charge is 0.481 e. The normalized spacial score (nSPS) is 17.8. The Bertz CT molecular complexity index is 323. The predicted octanol–water partition coefficient (Wildman–Crippen LogP) is 2.76. The molecule has 0 atom stereocenters. The summed E-state index contributed by atoms with van der Waals surface area (Å²) in [6, 6.07) is -0.250. The molecule has 0 spiro atoms. The van der Waals surface area contributed by atoms with E-state index in [0.717, 1.165) is 32.1 Å². The van der Waals surface area contributed by atoms with Crippen molar-refractivity contribution in [1.82, 2.24) is 10.6 Å². The van der Waals surface area contributed by atoms with Crippen molar-refractivity contribution in [2.45, 2.75) is 58.8 Å². The van der Waals surface area contributed by atoms with Crippen molar-refractivity contribution in [3.05, 3.63) is 0 Å². The monoisotopic (exact) mass is 284 g/mol. The molecule has 1 aliphatic rings. The molecule has 1 saturated carbocycles. The molecule has 0 heterocycles. The number of carbonyl (C=O) groups excluding carboxylic acids is 1. The van der Waals surface area contributed by atoms with E-state index in [1.54, 1.807) is 0 Å². The smallest absolute Gasteiger partial charge is 0.314 e. The Kier molecular flexibility index (Phi) is 6.82. The summed E-state index contributed by atoms with van der Waals surface area (Å²) >= 11 is 0. The molecule has 0 aliphatic heterocycles. The van der Waals surface area contributed by atoms with Gasteiger partial charge in [0.05, 0.1) is 5.41 Å². The number of carbonyl (C=O) groups is 2. The van der Waals surface area contributed by atoms with Gasteiger partial charge in [0.1, 0.15) is 0 Å². The van der Waals surface area contributed by atoms with E-state index in [1.807, 2.05) is 0 Å². The number of carboxylic acid groups (broad SMARTS) is 1. The highest BCUT2D eigenvalue weighted by atomic mass is 16.4. The van der Waals surface area contributed by atoms with Crippen LogP contribution in [0.3, 0.4) is 0 Å². The summed E-state index contributed by atoms with van der Waals surface area (Å²) in [7, 11) is 0. The average molecular weight is 284 g/mol. The molecule has 0 aromatic rings. The maximum Gasteiger partial charge on any atom is 0.314 e. The van der Waals surface area contributed by atoms with E-state index in [0.29, 0.717) is 25.3 Å². The number of rotatable bonds is 7. The van der Waals surface area contributed by atoms with Crippen LogP contribution < -0.4 is 10.6 Å². The minimum atomic E-state index is -0.780. The van der Waals surface area contributed by atoms with Crippen molar-refractivity contribution in [3.63, 3.8) is 0 Å². The zero-order valence-electron chi connectivity index (χ0n) is 12.7. The Morgan fingerprint density at radius 3 is 2.35 bits per heavy atom. The van der Waals surface area contributed by atoms with Crippen LogP contribution in [0.2, 0.25) is 0 Å². The van der Waals surface area contributed by atoms with Crippen LogP contribution in [0, 0.1) is 11.3 Å². The van der Waals surface area contributed by atoms with Crippen molar-refractivity contribution >= 4 is 12.0 Å². The molecule has 2 amide bonds. The van der Waals surface area contributed by atoms with Crippen LogP contribution in [-0.4, -0.2) is 30.2 Å². The Hall–Kier alpha value is -1.26. The fourth-order valence-corrected chi connectivity index (χ4v) is 2.72. The third-order valence-electron chi connectivity index (χ3n) is 4.10. The summed E-state index contributed by atoms with van der Waals surface area (Å²) in [6.07, 6.45) is 6.32. The molecular formula is C15H28N2O3. The van der Waals surface area contributed by atoms with E-state index in [-0.39, 0.29) is 12.6 Å². The summed E-state index contributed by atoms with van der Waals surface area (Å²) in [5.74, 6) is -0.144. The van der Waals surface area contributed by atoms with Gasteiger partial charge in [0.25, 0.3) is 0 Å². The fraction of sp³-hybridized carbons (Fsp3) is 0.867. The molecule has 1 fully saturated rings. The van der Waals surface area contributed by atoms with Gasteiger partial charge in [-0.15, -0.1) is 0 Å². The van der Waals surface area contributed by atoms with Crippen LogP contribution in [0.5, 0.6) is 0 Å². The van der Waals surface area contributed by atoms with Gasteiger partial charge in [0.15, 0.2) is 0 Å². The molecule has 0 unspecified atom stereocenters. The number of carboxylic acids is 1. The molecule has 20 heavy (non-hydrogen) atoms. The summed E-state index contributed by atoms with van der Waals surface area (Å²) in [5, 5.41) is 14.9. The first kappa shape index (κ1) is 16.8. The molecular weight excluding hydrogens is 256 g/mol. The van der Waals surface area contributed by atoms with Gasteiger partial charge in [-0.25, -0.2) is 4.79 Å². The second kappa shape index (κ2) is 8.12. The number of urea groups is 1. The summed E-state index contributed by atoms with van der Waals surface area (Å²) in [6.45, 7) is 5.18. The highest BCUT2D eigenvalue weighted by Gasteiger charge is 2.39. The van der Waals surface area contributed by atoms with Gasteiger partial charge in [-0.3, -0.25) is 4.79 Å². The quantitative estimate of drug-likeness (QED) is 0.629. The SMILES string of the molecule is CC(C)CCCNC(=O)NCC1(C(=O)O)CCCCC1. The van der Waals surface area contributed by atoms with E-state index in [4.69, 9.17) is 0 Å². The van der Waals surface area contributed by atoms with Crippen molar-refractivity contribution in [2.75, 3.05) is 13.1 Å². The van der Waals surface area contributed by atoms with Crippen molar-refractivity contribution in [2.24, 2.45) is 11.3 Å². The predicted molar refractivity (Wildman–Crippen MR) is 78.6 cm³/mol. The van der Waals surface area contributed by atoms with Crippen LogP contribution in [0.25, 0.3) is 0 Å². The van der Waals surface area contributed by atoms with Gasteiger partial charge in [0, 0.05) is 13.1 Å². The molecule has 0 radical (unpaired) electrons. The molecule has 1 rings (SSSR count). The standard InChI is InChI=1S/C15H28N2O3/c1-12(2)7-6-10-16-14(20)17-11-15(13(18)19)8-4-3-5-9-15/h12H,3-11H2,1-2H3,(H,18,19)(H2,16,17,20). The van der Waals surface area contributed by atoms with Crippen LogP contribution >= 0.6 is 0 Å². The van der Waals surface area contributed by atoms with Crippen molar-refractivity contribution in [3.8, 4) is 0 Å². The Labute approximate surface area is 121 Å². The zero-order chi connectivity index (χ0) is 15.0. The fourth-order valence-electron chi connectivity index (χ4n) is 2.72. The average Bonchev–Trinajstić information content (AvgIpc) is 2.42. The molecule has 0 aromatic carbocycles. The zero-order valence-corrected chi connectivity index (χ0v) is 12.7. The molecule has 0 bridgehead atoms. The van der Waals surface area contributed by atoms with E-state index in [9.17, 15) is 14.7 Å². The van der Waals surface area contributed by atoms with Gasteiger partial charge in [-0.05, 0) is 31.6 Å². The molecule has 116 valence electrons. The van der Waals surface area contributed by atoms with Gasteiger partial charge in [0.2, 0.25) is 0 Å². The second-order valence-electron chi connectivity index (χ2n) is 6.29. The molecule has 0 saturated heterocycles. The minimum absolute atomic E-state index is 0.234. The van der Waals surface area contributed by atoms with Crippen LogP contribution in [0.4, 0.5) is 4.79 Å². The highest BCUT2D eigenvalue weighted by Crippen LogP contribution is 2.35. The number of hydrogen-bond donors (Lipinski definition) is 3. The number of aliphatic carboxylic acids is 1. The highest BCUT2D eigenvalue weighted by molar-refractivity contribution is 5.78. The van der Waals surface area contributed by atoms with Gasteiger partial charge in [-0.2, -0.15) is 0 Å². The first-order valence-corrected chi connectivity index (χ1v) is 7.71. The van der Waals surface area contributed by atoms with Crippen molar-refractivity contribution < 1.29 is 14.7 Å². The molecule has 1 aliphatic carbocycles. The van der Waals surface area contributed by atoms with E-state index in [2.05, 4.69) is 24.5 Å². The van der Waals surface area contributed by atoms with Crippen molar-refractivity contribution in [1.29, 1.82) is 0 Å². The van der Waals surface area contributed by atoms with Gasteiger partial charge < -0.3 is 15.7 Å². The first-order valence-electron chi connectivity index (χ1n) is 7.71. The van der Waals surface area contributed by atoms with E-state index < -0.39 is 11.4 Å².